The number of benzene rings is 1. The molecule has 1 atom stereocenters. The Morgan fingerprint density at radius 1 is 1.25 bits per heavy atom. The molecule has 0 aliphatic carbocycles. The van der Waals surface area contributed by atoms with Crippen LogP contribution in [-0.2, 0) is 0 Å². The maximum atomic E-state index is 12.2. The van der Waals surface area contributed by atoms with Crippen LogP contribution in [0.2, 0.25) is 0 Å². The van der Waals surface area contributed by atoms with E-state index in [0.29, 0.717) is 0 Å². The number of carboxylic acids is 1. The SMILES string of the molecule is CC(CN1C(=O)c2ccc(C(=O)O)cc2C1=O)N(C)C. The number of nitrogens with zero attached hydrogens (tertiary/aromatic N) is 2. The van der Waals surface area contributed by atoms with Crippen LogP contribution in [-0.4, -0.2) is 59.4 Å². The molecule has 1 aliphatic rings. The molecule has 6 heteroatoms. The van der Waals surface area contributed by atoms with Crippen LogP contribution < -0.4 is 0 Å². The Morgan fingerprint density at radius 2 is 1.85 bits per heavy atom. The largest absolute Gasteiger partial charge is 0.478 e. The molecule has 0 spiro atoms. The van der Waals surface area contributed by atoms with E-state index in [1.807, 2.05) is 25.9 Å². The van der Waals surface area contributed by atoms with E-state index in [2.05, 4.69) is 0 Å². The summed E-state index contributed by atoms with van der Waals surface area (Å²) in [5.74, 6) is -1.91. The molecule has 2 rings (SSSR count). The van der Waals surface area contributed by atoms with Gasteiger partial charge in [0.2, 0.25) is 0 Å². The fourth-order valence-corrected chi connectivity index (χ4v) is 2.02. The van der Waals surface area contributed by atoms with Crippen LogP contribution in [0.1, 0.15) is 38.0 Å². The van der Waals surface area contributed by atoms with Crippen LogP contribution in [0, 0.1) is 0 Å². The van der Waals surface area contributed by atoms with Gasteiger partial charge in [-0.2, -0.15) is 0 Å². The van der Waals surface area contributed by atoms with Gasteiger partial charge in [-0.1, -0.05) is 0 Å². The van der Waals surface area contributed by atoms with Crippen molar-refractivity contribution in [2.75, 3.05) is 20.6 Å². The van der Waals surface area contributed by atoms with Crippen molar-refractivity contribution in [1.82, 2.24) is 9.80 Å². The van der Waals surface area contributed by atoms with Crippen molar-refractivity contribution in [3.05, 3.63) is 34.9 Å². The zero-order valence-corrected chi connectivity index (χ0v) is 11.6. The van der Waals surface area contributed by atoms with Gasteiger partial charge in [0, 0.05) is 12.6 Å². The Kier molecular flexibility index (Phi) is 3.59. The van der Waals surface area contributed by atoms with Crippen LogP contribution in [0.4, 0.5) is 0 Å². The first-order chi connectivity index (χ1) is 9.32. The molecular formula is C14H16N2O4. The van der Waals surface area contributed by atoms with E-state index in [4.69, 9.17) is 5.11 Å². The number of amides is 2. The number of fused-ring (bicyclic) bond motifs is 1. The minimum atomic E-state index is -1.12. The monoisotopic (exact) mass is 276 g/mol. The lowest BCUT2D eigenvalue weighted by atomic mass is 10.1. The minimum absolute atomic E-state index is 0.00686. The summed E-state index contributed by atoms with van der Waals surface area (Å²) in [6.45, 7) is 2.19. The average molecular weight is 276 g/mol. The average Bonchev–Trinajstić information content (AvgIpc) is 2.63. The molecule has 0 aromatic heterocycles. The molecule has 2 amide bonds. The van der Waals surface area contributed by atoms with E-state index in [-0.39, 0.29) is 35.2 Å². The maximum Gasteiger partial charge on any atom is 0.335 e. The van der Waals surface area contributed by atoms with Crippen LogP contribution in [0.5, 0.6) is 0 Å². The zero-order valence-electron chi connectivity index (χ0n) is 11.6. The number of rotatable bonds is 4. The predicted octanol–water partition coefficient (Wildman–Crippen LogP) is 0.931. The van der Waals surface area contributed by atoms with Crippen LogP contribution in [0.3, 0.4) is 0 Å². The number of carboxylic acid groups (broad SMARTS) is 1. The first-order valence-corrected chi connectivity index (χ1v) is 6.23. The van der Waals surface area contributed by atoms with Gasteiger partial charge >= 0.3 is 5.97 Å². The van der Waals surface area contributed by atoms with Gasteiger partial charge in [-0.25, -0.2) is 4.79 Å². The lowest BCUT2D eigenvalue weighted by Crippen LogP contribution is -2.41. The van der Waals surface area contributed by atoms with Gasteiger partial charge in [0.25, 0.3) is 11.8 Å². The van der Waals surface area contributed by atoms with Gasteiger partial charge in [0.1, 0.15) is 0 Å². The fraction of sp³-hybridized carbons (Fsp3) is 0.357. The molecule has 1 unspecified atom stereocenters. The third-order valence-electron chi connectivity index (χ3n) is 3.55. The van der Waals surface area contributed by atoms with Crippen LogP contribution in [0.15, 0.2) is 18.2 Å². The van der Waals surface area contributed by atoms with Crippen molar-refractivity contribution in [3.8, 4) is 0 Å². The molecule has 0 saturated heterocycles. The van der Waals surface area contributed by atoms with Crippen molar-refractivity contribution in [3.63, 3.8) is 0 Å². The minimum Gasteiger partial charge on any atom is -0.478 e. The molecule has 1 aromatic carbocycles. The standard InChI is InChI=1S/C14H16N2O4/c1-8(15(2)3)7-16-12(17)10-5-4-9(14(19)20)6-11(10)13(16)18/h4-6,8H,7H2,1-3H3,(H,19,20). The van der Waals surface area contributed by atoms with Crippen molar-refractivity contribution in [2.24, 2.45) is 0 Å². The molecule has 1 aliphatic heterocycles. The van der Waals surface area contributed by atoms with E-state index < -0.39 is 11.9 Å². The number of hydrogen-bond donors (Lipinski definition) is 1. The molecule has 20 heavy (non-hydrogen) atoms. The third kappa shape index (κ3) is 2.30. The van der Waals surface area contributed by atoms with E-state index in [0.717, 1.165) is 0 Å². The molecule has 0 bridgehead atoms. The van der Waals surface area contributed by atoms with Gasteiger partial charge < -0.3 is 10.0 Å². The number of imide groups is 1. The lowest BCUT2D eigenvalue weighted by Gasteiger charge is -2.24. The Hall–Kier alpha value is -2.21. The second kappa shape index (κ2) is 5.05. The van der Waals surface area contributed by atoms with Gasteiger partial charge in [-0.15, -0.1) is 0 Å². The summed E-state index contributed by atoms with van der Waals surface area (Å²) in [5.41, 5.74) is 0.444. The first kappa shape index (κ1) is 14.2. The number of hydrogen-bond acceptors (Lipinski definition) is 4. The maximum absolute atomic E-state index is 12.2. The molecule has 1 heterocycles. The smallest absolute Gasteiger partial charge is 0.335 e. The summed E-state index contributed by atoms with van der Waals surface area (Å²) in [5, 5.41) is 8.94. The number of carbonyl (C=O) groups is 3. The lowest BCUT2D eigenvalue weighted by molar-refractivity contribution is 0.0617. The highest BCUT2D eigenvalue weighted by molar-refractivity contribution is 6.21. The third-order valence-corrected chi connectivity index (χ3v) is 3.55. The Morgan fingerprint density at radius 3 is 2.40 bits per heavy atom. The van der Waals surface area contributed by atoms with E-state index in [9.17, 15) is 14.4 Å². The van der Waals surface area contributed by atoms with E-state index in [1.165, 1.54) is 23.1 Å². The summed E-state index contributed by atoms with van der Waals surface area (Å²) in [7, 11) is 3.73. The quantitative estimate of drug-likeness (QED) is 0.828. The number of carbonyl (C=O) groups excluding carboxylic acids is 2. The summed E-state index contributed by atoms with van der Waals surface area (Å²) >= 11 is 0. The summed E-state index contributed by atoms with van der Waals surface area (Å²) in [6, 6.07) is 4.03. The normalized spacial score (nSPS) is 15.7. The van der Waals surface area contributed by atoms with Crippen LogP contribution >= 0.6 is 0 Å². The highest BCUT2D eigenvalue weighted by atomic mass is 16.4. The van der Waals surface area contributed by atoms with Gasteiger partial charge in [-0.05, 0) is 39.2 Å². The molecule has 0 radical (unpaired) electrons. The van der Waals surface area contributed by atoms with Crippen molar-refractivity contribution in [1.29, 1.82) is 0 Å². The van der Waals surface area contributed by atoms with E-state index in [1.54, 1.807) is 0 Å². The second-order valence-corrected chi connectivity index (χ2v) is 5.10. The molecule has 0 saturated carbocycles. The van der Waals surface area contributed by atoms with Gasteiger partial charge in [0.05, 0.1) is 16.7 Å². The topological polar surface area (TPSA) is 77.9 Å². The van der Waals surface area contributed by atoms with E-state index >= 15 is 0 Å². The number of aromatic carboxylic acids is 1. The molecule has 0 fully saturated rings. The summed E-state index contributed by atoms with van der Waals surface area (Å²) in [4.78, 5) is 38.4. The summed E-state index contributed by atoms with van der Waals surface area (Å²) in [6.07, 6.45) is 0. The Labute approximate surface area is 116 Å². The second-order valence-electron chi connectivity index (χ2n) is 5.10. The highest BCUT2D eigenvalue weighted by Gasteiger charge is 2.36. The molecule has 6 nitrogen and oxygen atoms in total. The molecule has 106 valence electrons. The Balaban J connectivity index is 2.33. The van der Waals surface area contributed by atoms with Gasteiger partial charge in [-0.3, -0.25) is 14.5 Å². The summed E-state index contributed by atoms with van der Waals surface area (Å²) < 4.78 is 0. The Bertz CT molecular complexity index is 595. The first-order valence-electron chi connectivity index (χ1n) is 6.23. The predicted molar refractivity (Wildman–Crippen MR) is 71.9 cm³/mol. The van der Waals surface area contributed by atoms with Crippen molar-refractivity contribution >= 4 is 17.8 Å². The molecular weight excluding hydrogens is 260 g/mol. The van der Waals surface area contributed by atoms with Crippen LogP contribution in [0.25, 0.3) is 0 Å². The fourth-order valence-electron chi connectivity index (χ4n) is 2.02. The number of likely N-dealkylation sites (N-methyl/N-ethyl adjacent to an activating group) is 1. The molecule has 1 N–H and O–H groups in total. The van der Waals surface area contributed by atoms with Gasteiger partial charge in [0.15, 0.2) is 0 Å². The highest BCUT2D eigenvalue weighted by Crippen LogP contribution is 2.24. The molecule has 1 aromatic rings. The van der Waals surface area contributed by atoms with Crippen molar-refractivity contribution in [2.45, 2.75) is 13.0 Å². The van der Waals surface area contributed by atoms with Crippen molar-refractivity contribution < 1.29 is 19.5 Å². The zero-order chi connectivity index (χ0) is 15.0.